The molecular formula is C16H19NO4S2. The second-order valence-corrected chi connectivity index (χ2v) is 8.54. The Labute approximate surface area is 140 Å². The van der Waals surface area contributed by atoms with Crippen LogP contribution >= 0.6 is 11.3 Å². The largest absolute Gasteiger partial charge is 0.477 e. The number of sulfonamides is 1. The number of rotatable bonds is 5. The first kappa shape index (κ1) is 17.5. The summed E-state index contributed by atoms with van der Waals surface area (Å²) in [4.78, 5) is 11.2. The summed E-state index contributed by atoms with van der Waals surface area (Å²) in [6, 6.07) is 7.02. The van der Waals surface area contributed by atoms with Crippen LogP contribution in [0.1, 0.15) is 33.3 Å². The second-order valence-electron chi connectivity index (χ2n) is 5.40. The Morgan fingerprint density at radius 2 is 1.70 bits per heavy atom. The van der Waals surface area contributed by atoms with E-state index in [0.717, 1.165) is 22.5 Å². The van der Waals surface area contributed by atoms with Gasteiger partial charge in [-0.2, -0.15) is 0 Å². The van der Waals surface area contributed by atoms with E-state index in [-0.39, 0.29) is 15.6 Å². The number of carboxylic acid groups (broad SMARTS) is 1. The van der Waals surface area contributed by atoms with Crippen molar-refractivity contribution in [1.82, 2.24) is 0 Å². The predicted octanol–water partition coefficient (Wildman–Crippen LogP) is 3.59. The molecule has 5 nitrogen and oxygen atoms in total. The maximum Gasteiger partial charge on any atom is 0.346 e. The van der Waals surface area contributed by atoms with E-state index < -0.39 is 16.0 Å². The summed E-state index contributed by atoms with van der Waals surface area (Å²) in [5.41, 5.74) is 3.00. The molecule has 0 unspecified atom stereocenters. The fourth-order valence-corrected chi connectivity index (χ4v) is 5.44. The highest BCUT2D eigenvalue weighted by atomic mass is 32.2. The van der Waals surface area contributed by atoms with E-state index in [1.165, 1.54) is 10.4 Å². The van der Waals surface area contributed by atoms with Gasteiger partial charge in [-0.15, -0.1) is 11.3 Å². The zero-order chi connectivity index (χ0) is 17.4. The molecule has 0 aliphatic heterocycles. The summed E-state index contributed by atoms with van der Waals surface area (Å²) in [7, 11) is -3.78. The lowest BCUT2D eigenvalue weighted by molar-refractivity contribution is 0.0701. The van der Waals surface area contributed by atoms with Crippen LogP contribution in [0, 0.1) is 20.8 Å². The van der Waals surface area contributed by atoms with E-state index in [2.05, 4.69) is 0 Å². The quantitative estimate of drug-likeness (QED) is 0.891. The fourth-order valence-electron chi connectivity index (χ4n) is 2.49. The molecule has 124 valence electrons. The van der Waals surface area contributed by atoms with E-state index >= 15 is 0 Å². The molecule has 1 heterocycles. The maximum atomic E-state index is 12.9. The standard InChI is InChI=1S/C16H19NO4S2/c1-5-17(13-7-10(2)6-11(3)8-13)23(20,21)14-9-12(4)15(22-14)16(18)19/h6-9H,5H2,1-4H3,(H,18,19). The number of aromatic carboxylic acids is 1. The average molecular weight is 353 g/mol. The van der Waals surface area contributed by atoms with Crippen molar-refractivity contribution in [3.8, 4) is 0 Å². The SMILES string of the molecule is CCN(c1cc(C)cc(C)c1)S(=O)(=O)c1cc(C)c(C(=O)O)s1. The molecule has 0 atom stereocenters. The molecule has 0 saturated heterocycles. The number of hydrogen-bond donors (Lipinski definition) is 1. The molecular weight excluding hydrogens is 334 g/mol. The highest BCUT2D eigenvalue weighted by molar-refractivity contribution is 7.94. The normalized spacial score (nSPS) is 11.5. The third-order valence-electron chi connectivity index (χ3n) is 3.42. The maximum absolute atomic E-state index is 12.9. The lowest BCUT2D eigenvalue weighted by Gasteiger charge is -2.23. The number of hydrogen-bond acceptors (Lipinski definition) is 4. The van der Waals surface area contributed by atoms with Crippen LogP contribution in [0.25, 0.3) is 0 Å². The zero-order valence-corrected chi connectivity index (χ0v) is 15.1. The molecule has 23 heavy (non-hydrogen) atoms. The van der Waals surface area contributed by atoms with E-state index in [0.29, 0.717) is 11.3 Å². The summed E-state index contributed by atoms with van der Waals surface area (Å²) in [6.45, 7) is 7.45. The van der Waals surface area contributed by atoms with Crippen LogP contribution in [0.5, 0.6) is 0 Å². The summed E-state index contributed by atoms with van der Waals surface area (Å²) in [6.07, 6.45) is 0. The van der Waals surface area contributed by atoms with Gasteiger partial charge in [0.15, 0.2) is 0 Å². The van der Waals surface area contributed by atoms with Crippen LogP contribution in [0.4, 0.5) is 5.69 Å². The highest BCUT2D eigenvalue weighted by Crippen LogP contribution is 2.31. The fraction of sp³-hybridized carbons (Fsp3) is 0.312. The van der Waals surface area contributed by atoms with Crippen molar-refractivity contribution in [1.29, 1.82) is 0 Å². The van der Waals surface area contributed by atoms with Crippen molar-refractivity contribution in [3.05, 3.63) is 45.8 Å². The minimum Gasteiger partial charge on any atom is -0.477 e. The number of benzene rings is 1. The molecule has 0 aliphatic carbocycles. The smallest absolute Gasteiger partial charge is 0.346 e. The first-order valence-corrected chi connectivity index (χ1v) is 9.37. The Bertz CT molecular complexity index is 833. The molecule has 0 radical (unpaired) electrons. The summed E-state index contributed by atoms with van der Waals surface area (Å²) in [5, 5.41) is 9.13. The lowest BCUT2D eigenvalue weighted by Crippen LogP contribution is -2.30. The van der Waals surface area contributed by atoms with Crippen LogP contribution in [0.3, 0.4) is 0 Å². The van der Waals surface area contributed by atoms with Gasteiger partial charge in [0.05, 0.1) is 5.69 Å². The van der Waals surface area contributed by atoms with Gasteiger partial charge in [-0.25, -0.2) is 13.2 Å². The first-order chi connectivity index (χ1) is 10.7. The highest BCUT2D eigenvalue weighted by Gasteiger charge is 2.28. The van der Waals surface area contributed by atoms with Crippen molar-refractivity contribution in [2.24, 2.45) is 0 Å². The minimum atomic E-state index is -3.78. The van der Waals surface area contributed by atoms with Gasteiger partial charge in [0, 0.05) is 6.54 Å². The number of aryl methyl sites for hydroxylation is 3. The molecule has 0 saturated carbocycles. The molecule has 0 bridgehead atoms. The third kappa shape index (κ3) is 3.40. The number of nitrogens with zero attached hydrogens (tertiary/aromatic N) is 1. The molecule has 0 amide bonds. The van der Waals surface area contributed by atoms with E-state index in [4.69, 9.17) is 5.11 Å². The molecule has 1 N–H and O–H groups in total. The number of anilines is 1. The first-order valence-electron chi connectivity index (χ1n) is 7.11. The minimum absolute atomic E-state index is 0.0495. The van der Waals surface area contributed by atoms with E-state index in [1.54, 1.807) is 13.8 Å². The number of carboxylic acids is 1. The van der Waals surface area contributed by atoms with Crippen LogP contribution in [0.2, 0.25) is 0 Å². The zero-order valence-electron chi connectivity index (χ0n) is 13.5. The molecule has 1 aromatic carbocycles. The van der Waals surface area contributed by atoms with Crippen LogP contribution < -0.4 is 4.31 Å². The number of thiophene rings is 1. The van der Waals surface area contributed by atoms with Gasteiger partial charge >= 0.3 is 5.97 Å². The van der Waals surface area contributed by atoms with Crippen molar-refractivity contribution < 1.29 is 18.3 Å². The van der Waals surface area contributed by atoms with Crippen molar-refractivity contribution in [2.45, 2.75) is 31.9 Å². The lowest BCUT2D eigenvalue weighted by atomic mass is 10.1. The van der Waals surface area contributed by atoms with Gasteiger partial charge in [0.25, 0.3) is 10.0 Å². The van der Waals surface area contributed by atoms with Gasteiger partial charge in [0.1, 0.15) is 9.09 Å². The Morgan fingerprint density at radius 1 is 1.13 bits per heavy atom. The number of carbonyl (C=O) groups is 1. The van der Waals surface area contributed by atoms with Gasteiger partial charge in [0.2, 0.25) is 0 Å². The second kappa shape index (κ2) is 6.33. The van der Waals surface area contributed by atoms with Crippen LogP contribution in [0.15, 0.2) is 28.5 Å². The van der Waals surface area contributed by atoms with Gasteiger partial charge < -0.3 is 5.11 Å². The molecule has 1 aromatic heterocycles. The van der Waals surface area contributed by atoms with Crippen LogP contribution in [-0.4, -0.2) is 26.0 Å². The summed E-state index contributed by atoms with van der Waals surface area (Å²) < 4.78 is 27.2. The molecule has 0 fully saturated rings. The summed E-state index contributed by atoms with van der Waals surface area (Å²) in [5.74, 6) is -1.11. The van der Waals surface area contributed by atoms with Gasteiger partial charge in [-0.05, 0) is 62.6 Å². The Morgan fingerprint density at radius 3 is 2.13 bits per heavy atom. The predicted molar refractivity (Wildman–Crippen MR) is 92.1 cm³/mol. The topological polar surface area (TPSA) is 74.7 Å². The van der Waals surface area contributed by atoms with Crippen LogP contribution in [-0.2, 0) is 10.0 Å². The van der Waals surface area contributed by atoms with Gasteiger partial charge in [-0.3, -0.25) is 4.31 Å². The van der Waals surface area contributed by atoms with Crippen molar-refractivity contribution in [2.75, 3.05) is 10.8 Å². The average Bonchev–Trinajstić information content (AvgIpc) is 2.81. The molecule has 0 spiro atoms. The van der Waals surface area contributed by atoms with Gasteiger partial charge in [-0.1, -0.05) is 6.07 Å². The Balaban J connectivity index is 2.55. The molecule has 0 aliphatic rings. The van der Waals surface area contributed by atoms with E-state index in [9.17, 15) is 13.2 Å². The van der Waals surface area contributed by atoms with E-state index in [1.807, 2.05) is 32.0 Å². The van der Waals surface area contributed by atoms with Crippen molar-refractivity contribution >= 4 is 33.0 Å². The molecule has 2 rings (SSSR count). The Kier molecular flexibility index (Phi) is 4.81. The third-order valence-corrected chi connectivity index (χ3v) is 6.99. The monoisotopic (exact) mass is 353 g/mol. The molecule has 2 aromatic rings. The molecule has 7 heteroatoms. The Hall–Kier alpha value is -1.86. The summed E-state index contributed by atoms with van der Waals surface area (Å²) >= 11 is 0.792. The van der Waals surface area contributed by atoms with Crippen molar-refractivity contribution in [3.63, 3.8) is 0 Å².